The normalized spacial score (nSPS) is 31.3. The van der Waals surface area contributed by atoms with E-state index in [1.165, 1.54) is 0 Å². The summed E-state index contributed by atoms with van der Waals surface area (Å²) in [6.45, 7) is 3.78. The average molecular weight is 236 g/mol. The molecule has 2 fully saturated rings. The van der Waals surface area contributed by atoms with Gasteiger partial charge >= 0.3 is 6.18 Å². The summed E-state index contributed by atoms with van der Waals surface area (Å²) in [5, 5.41) is 3.24. The lowest BCUT2D eigenvalue weighted by molar-refractivity contribution is -0.148. The van der Waals surface area contributed by atoms with Gasteiger partial charge in [-0.05, 0) is 37.8 Å². The van der Waals surface area contributed by atoms with E-state index in [-0.39, 0.29) is 6.04 Å². The van der Waals surface area contributed by atoms with Crippen molar-refractivity contribution in [3.63, 3.8) is 0 Å². The Kier molecular flexibility index (Phi) is 3.45. The summed E-state index contributed by atoms with van der Waals surface area (Å²) in [5.41, 5.74) is 0. The molecular weight excluding hydrogens is 217 g/mol. The summed E-state index contributed by atoms with van der Waals surface area (Å²) in [5.74, 6) is 0.873. The van der Waals surface area contributed by atoms with Gasteiger partial charge < -0.3 is 5.32 Å². The van der Waals surface area contributed by atoms with E-state index in [0.29, 0.717) is 18.4 Å². The first-order valence-corrected chi connectivity index (χ1v) is 5.97. The van der Waals surface area contributed by atoms with Gasteiger partial charge in [0.05, 0.1) is 6.54 Å². The van der Waals surface area contributed by atoms with E-state index in [1.807, 2.05) is 0 Å². The Morgan fingerprint density at radius 3 is 2.38 bits per heavy atom. The summed E-state index contributed by atoms with van der Waals surface area (Å²) in [7, 11) is 0. The monoisotopic (exact) mass is 236 g/mol. The number of nitrogens with zero attached hydrogens (tertiary/aromatic N) is 1. The molecule has 2 rings (SSSR count). The Balaban J connectivity index is 1.87. The largest absolute Gasteiger partial charge is 0.401 e. The molecule has 2 nitrogen and oxygen atoms in total. The number of alkyl halides is 3. The van der Waals surface area contributed by atoms with Crippen LogP contribution in [-0.2, 0) is 0 Å². The smallest absolute Gasteiger partial charge is 0.316 e. The van der Waals surface area contributed by atoms with Crippen molar-refractivity contribution in [2.45, 2.75) is 32.0 Å². The van der Waals surface area contributed by atoms with Gasteiger partial charge in [-0.25, -0.2) is 0 Å². The quantitative estimate of drug-likeness (QED) is 0.801. The lowest BCUT2D eigenvalue weighted by atomic mass is 9.97. The van der Waals surface area contributed by atoms with Crippen molar-refractivity contribution in [2.24, 2.45) is 11.8 Å². The second-order valence-corrected chi connectivity index (χ2v) is 5.17. The second kappa shape index (κ2) is 4.53. The van der Waals surface area contributed by atoms with Gasteiger partial charge in [0.1, 0.15) is 0 Å². The van der Waals surface area contributed by atoms with E-state index in [0.717, 1.165) is 25.9 Å². The number of hydrogen-bond donors (Lipinski definition) is 1. The minimum atomic E-state index is -4.06. The van der Waals surface area contributed by atoms with Gasteiger partial charge in [0.25, 0.3) is 0 Å². The minimum absolute atomic E-state index is 0.189. The molecule has 0 aromatic heterocycles. The van der Waals surface area contributed by atoms with Gasteiger partial charge in [-0.3, -0.25) is 4.90 Å². The first kappa shape index (κ1) is 12.2. The van der Waals surface area contributed by atoms with Crippen LogP contribution in [0.25, 0.3) is 0 Å². The van der Waals surface area contributed by atoms with Crippen molar-refractivity contribution < 1.29 is 13.2 Å². The van der Waals surface area contributed by atoms with Gasteiger partial charge in [0.15, 0.2) is 0 Å². The van der Waals surface area contributed by atoms with Gasteiger partial charge in [-0.1, -0.05) is 6.92 Å². The fraction of sp³-hybridized carbons (Fsp3) is 1.00. The van der Waals surface area contributed by atoms with E-state index < -0.39 is 12.7 Å². The Hall–Kier alpha value is -0.290. The van der Waals surface area contributed by atoms with Crippen LogP contribution < -0.4 is 5.32 Å². The molecule has 0 radical (unpaired) electrons. The lowest BCUT2D eigenvalue weighted by Gasteiger charge is -2.27. The average Bonchev–Trinajstić information content (AvgIpc) is 2.90. The summed E-state index contributed by atoms with van der Waals surface area (Å²) < 4.78 is 37.2. The van der Waals surface area contributed by atoms with E-state index in [9.17, 15) is 13.2 Å². The maximum absolute atomic E-state index is 12.4. The van der Waals surface area contributed by atoms with E-state index >= 15 is 0 Å². The van der Waals surface area contributed by atoms with Gasteiger partial charge in [0, 0.05) is 12.6 Å². The van der Waals surface area contributed by atoms with Crippen LogP contribution in [0.4, 0.5) is 13.2 Å². The second-order valence-electron chi connectivity index (χ2n) is 5.17. The summed E-state index contributed by atoms with van der Waals surface area (Å²) >= 11 is 0. The topological polar surface area (TPSA) is 15.3 Å². The maximum Gasteiger partial charge on any atom is 0.401 e. The van der Waals surface area contributed by atoms with E-state index in [4.69, 9.17) is 0 Å². The van der Waals surface area contributed by atoms with E-state index in [2.05, 4.69) is 12.2 Å². The predicted molar refractivity (Wildman–Crippen MR) is 56.2 cm³/mol. The number of nitrogens with one attached hydrogen (secondary N) is 1. The molecule has 1 saturated heterocycles. The van der Waals surface area contributed by atoms with Crippen LogP contribution >= 0.6 is 0 Å². The van der Waals surface area contributed by atoms with Gasteiger partial charge in [-0.15, -0.1) is 0 Å². The third-order valence-electron chi connectivity index (χ3n) is 3.59. The summed E-state index contributed by atoms with van der Waals surface area (Å²) in [4.78, 5) is 1.63. The third kappa shape index (κ3) is 3.35. The Labute approximate surface area is 94.2 Å². The number of halogens is 3. The standard InChI is InChI=1S/C11H19F3N2/c1-8-4-15-5-9(8)6-16(10-2-3-10)7-11(12,13)14/h8-10,15H,2-7H2,1H3. The first-order chi connectivity index (χ1) is 7.46. The highest BCUT2D eigenvalue weighted by Gasteiger charge is 2.39. The van der Waals surface area contributed by atoms with Crippen molar-refractivity contribution in [3.8, 4) is 0 Å². The van der Waals surface area contributed by atoms with Crippen LogP contribution in [0.5, 0.6) is 0 Å². The SMILES string of the molecule is CC1CNCC1CN(CC(F)(F)F)C1CC1. The molecule has 1 aliphatic carbocycles. The zero-order valence-electron chi connectivity index (χ0n) is 9.56. The molecule has 1 heterocycles. The number of hydrogen-bond acceptors (Lipinski definition) is 2. The van der Waals surface area contributed by atoms with Crippen LogP contribution in [0.2, 0.25) is 0 Å². The van der Waals surface area contributed by atoms with Gasteiger partial charge in [-0.2, -0.15) is 13.2 Å². The molecule has 1 N–H and O–H groups in total. The molecule has 0 aromatic carbocycles. The summed E-state index contributed by atoms with van der Waals surface area (Å²) in [6, 6.07) is 0.189. The van der Waals surface area contributed by atoms with Crippen molar-refractivity contribution in [1.29, 1.82) is 0 Å². The maximum atomic E-state index is 12.4. The van der Waals surface area contributed by atoms with Crippen molar-refractivity contribution >= 4 is 0 Å². The molecule has 1 saturated carbocycles. The Bertz CT molecular complexity index is 238. The molecular formula is C11H19F3N2. The molecule has 16 heavy (non-hydrogen) atoms. The van der Waals surface area contributed by atoms with Crippen LogP contribution in [0, 0.1) is 11.8 Å². The van der Waals surface area contributed by atoms with Crippen LogP contribution in [0.1, 0.15) is 19.8 Å². The molecule has 0 amide bonds. The molecule has 0 spiro atoms. The highest BCUT2D eigenvalue weighted by atomic mass is 19.4. The lowest BCUT2D eigenvalue weighted by Crippen LogP contribution is -2.40. The molecule has 2 aliphatic rings. The van der Waals surface area contributed by atoms with Gasteiger partial charge in [0.2, 0.25) is 0 Å². The Morgan fingerprint density at radius 2 is 1.94 bits per heavy atom. The fourth-order valence-corrected chi connectivity index (χ4v) is 2.42. The van der Waals surface area contributed by atoms with Crippen LogP contribution in [0.15, 0.2) is 0 Å². The molecule has 1 aliphatic heterocycles. The summed E-state index contributed by atoms with van der Waals surface area (Å²) in [6.07, 6.45) is -2.19. The highest BCUT2D eigenvalue weighted by Crippen LogP contribution is 2.32. The molecule has 2 unspecified atom stereocenters. The first-order valence-electron chi connectivity index (χ1n) is 5.97. The third-order valence-corrected chi connectivity index (χ3v) is 3.59. The fourth-order valence-electron chi connectivity index (χ4n) is 2.42. The number of rotatable bonds is 4. The van der Waals surface area contributed by atoms with Crippen molar-refractivity contribution in [3.05, 3.63) is 0 Å². The van der Waals surface area contributed by atoms with Crippen LogP contribution in [0.3, 0.4) is 0 Å². The zero-order valence-corrected chi connectivity index (χ0v) is 9.56. The molecule has 2 atom stereocenters. The Morgan fingerprint density at radius 1 is 1.25 bits per heavy atom. The van der Waals surface area contributed by atoms with Crippen LogP contribution in [-0.4, -0.2) is 43.3 Å². The molecule has 94 valence electrons. The molecule has 0 bridgehead atoms. The zero-order chi connectivity index (χ0) is 11.8. The predicted octanol–water partition coefficient (Wildman–Crippen LogP) is 1.87. The van der Waals surface area contributed by atoms with Crippen molar-refractivity contribution in [2.75, 3.05) is 26.2 Å². The molecule has 0 aromatic rings. The highest BCUT2D eigenvalue weighted by molar-refractivity contribution is 4.89. The van der Waals surface area contributed by atoms with Crippen molar-refractivity contribution in [1.82, 2.24) is 10.2 Å². The minimum Gasteiger partial charge on any atom is -0.316 e. The molecule has 5 heteroatoms. The van der Waals surface area contributed by atoms with E-state index in [1.54, 1.807) is 4.90 Å².